The molecule has 0 radical (unpaired) electrons. The van der Waals surface area contributed by atoms with E-state index in [0.29, 0.717) is 11.4 Å². The number of pyridine rings is 4. The summed E-state index contributed by atoms with van der Waals surface area (Å²) in [5.74, 6) is 0. The van der Waals surface area contributed by atoms with Gasteiger partial charge in [0.05, 0.1) is 46.6 Å². The molecule has 0 saturated heterocycles. The summed E-state index contributed by atoms with van der Waals surface area (Å²) in [5.41, 5.74) is 4.62. The highest BCUT2D eigenvalue weighted by molar-refractivity contribution is 5.81. The molecule has 0 atom stereocenters. The molecule has 0 aromatic carbocycles. The molecule has 0 amide bonds. The summed E-state index contributed by atoms with van der Waals surface area (Å²) in [6, 6.07) is 22.8. The zero-order valence-corrected chi connectivity index (χ0v) is 14.9. The first-order chi connectivity index (χ1) is 13.9. The number of hydrogen-bond acceptors (Lipinski definition) is 6. The highest BCUT2D eigenvalue weighted by atomic mass is 15.2. The number of rotatable bonds is 5. The van der Waals surface area contributed by atoms with Crippen molar-refractivity contribution in [1.82, 2.24) is 19.9 Å². The van der Waals surface area contributed by atoms with Crippen molar-refractivity contribution in [3.8, 4) is 22.8 Å². The van der Waals surface area contributed by atoms with Gasteiger partial charge < -0.3 is 0 Å². The fraction of sp³-hybridized carbons (Fsp3) is 0. The Bertz CT molecular complexity index is 1020. The van der Waals surface area contributed by atoms with Gasteiger partial charge in [0.1, 0.15) is 0 Å². The van der Waals surface area contributed by atoms with Gasteiger partial charge in [-0.15, -0.1) is 0 Å². The van der Waals surface area contributed by atoms with Crippen LogP contribution in [0, 0.1) is 0 Å². The Morgan fingerprint density at radius 2 is 0.964 bits per heavy atom. The van der Waals surface area contributed by atoms with E-state index in [1.165, 1.54) is 0 Å². The number of aromatic nitrogens is 4. The van der Waals surface area contributed by atoms with Crippen LogP contribution >= 0.6 is 0 Å². The van der Waals surface area contributed by atoms with E-state index < -0.39 is 0 Å². The molecule has 0 N–H and O–H groups in total. The summed E-state index contributed by atoms with van der Waals surface area (Å²) < 4.78 is 0. The first-order valence-corrected chi connectivity index (χ1v) is 8.72. The summed E-state index contributed by atoms with van der Waals surface area (Å²) in [5, 5.41) is 8.16. The summed E-state index contributed by atoms with van der Waals surface area (Å²) in [7, 11) is 0. The lowest BCUT2D eigenvalue weighted by Crippen LogP contribution is -1.93. The maximum atomic E-state index is 4.53. The molecule has 4 aromatic heterocycles. The van der Waals surface area contributed by atoms with Gasteiger partial charge in [-0.3, -0.25) is 9.97 Å². The minimum atomic E-state index is 0.704. The summed E-state index contributed by atoms with van der Waals surface area (Å²) in [6.45, 7) is 0. The SMILES string of the molecule is C(=N\N=C\c1cccc(-c2ccccn2)n1)/c1cccc(-c2ccccn2)n1. The van der Waals surface area contributed by atoms with Gasteiger partial charge in [-0.05, 0) is 48.5 Å². The van der Waals surface area contributed by atoms with Crippen LogP contribution in [0.1, 0.15) is 11.4 Å². The maximum absolute atomic E-state index is 4.53. The van der Waals surface area contributed by atoms with Crippen LogP contribution in [-0.2, 0) is 0 Å². The first-order valence-electron chi connectivity index (χ1n) is 8.72. The van der Waals surface area contributed by atoms with Gasteiger partial charge in [-0.25, -0.2) is 9.97 Å². The van der Waals surface area contributed by atoms with Gasteiger partial charge in [0.15, 0.2) is 0 Å². The second-order valence-corrected chi connectivity index (χ2v) is 5.81. The van der Waals surface area contributed by atoms with Crippen molar-refractivity contribution in [2.24, 2.45) is 10.2 Å². The molecule has 6 heteroatoms. The molecular weight excluding hydrogens is 348 g/mol. The second kappa shape index (κ2) is 8.55. The monoisotopic (exact) mass is 364 g/mol. The molecule has 0 saturated carbocycles. The molecule has 0 bridgehead atoms. The number of hydrogen-bond donors (Lipinski definition) is 0. The maximum Gasteiger partial charge on any atom is 0.0894 e. The zero-order chi connectivity index (χ0) is 19.0. The van der Waals surface area contributed by atoms with Gasteiger partial charge in [-0.1, -0.05) is 24.3 Å². The minimum absolute atomic E-state index is 0.704. The molecule has 6 nitrogen and oxygen atoms in total. The zero-order valence-electron chi connectivity index (χ0n) is 14.9. The van der Waals surface area contributed by atoms with Crippen molar-refractivity contribution in [2.45, 2.75) is 0 Å². The summed E-state index contributed by atoms with van der Waals surface area (Å²) in [6.07, 6.45) is 6.69. The van der Waals surface area contributed by atoms with E-state index in [2.05, 4.69) is 30.1 Å². The predicted octanol–water partition coefficient (Wildman–Crippen LogP) is 4.05. The topological polar surface area (TPSA) is 76.3 Å². The Morgan fingerprint density at radius 3 is 1.39 bits per heavy atom. The normalized spacial score (nSPS) is 11.3. The minimum Gasteiger partial charge on any atom is -0.255 e. The summed E-state index contributed by atoms with van der Waals surface area (Å²) in [4.78, 5) is 17.7. The van der Waals surface area contributed by atoms with Gasteiger partial charge in [0, 0.05) is 12.4 Å². The Labute approximate surface area is 162 Å². The average molecular weight is 364 g/mol. The lowest BCUT2D eigenvalue weighted by atomic mass is 10.2. The van der Waals surface area contributed by atoms with E-state index >= 15 is 0 Å². The third kappa shape index (κ3) is 4.37. The molecule has 28 heavy (non-hydrogen) atoms. The molecule has 0 aliphatic rings. The van der Waals surface area contributed by atoms with Crippen molar-refractivity contribution in [3.63, 3.8) is 0 Å². The van der Waals surface area contributed by atoms with E-state index in [1.807, 2.05) is 72.8 Å². The molecule has 0 aliphatic heterocycles. The molecule has 4 aromatic rings. The van der Waals surface area contributed by atoms with Crippen molar-refractivity contribution in [2.75, 3.05) is 0 Å². The highest BCUT2D eigenvalue weighted by Gasteiger charge is 2.01. The molecule has 0 spiro atoms. The van der Waals surface area contributed by atoms with Gasteiger partial charge in [0.25, 0.3) is 0 Å². The quantitative estimate of drug-likeness (QED) is 0.395. The second-order valence-electron chi connectivity index (χ2n) is 5.81. The van der Waals surface area contributed by atoms with Crippen molar-refractivity contribution >= 4 is 12.4 Å². The van der Waals surface area contributed by atoms with Gasteiger partial charge in [0.2, 0.25) is 0 Å². The fourth-order valence-corrected chi connectivity index (χ4v) is 2.55. The van der Waals surface area contributed by atoms with Crippen LogP contribution in [0.4, 0.5) is 0 Å². The van der Waals surface area contributed by atoms with E-state index in [4.69, 9.17) is 0 Å². The molecule has 0 aliphatic carbocycles. The molecule has 0 fully saturated rings. The molecular formula is C22H16N6. The third-order valence-corrected chi connectivity index (χ3v) is 3.84. The molecule has 4 heterocycles. The Kier molecular flexibility index (Phi) is 5.30. The van der Waals surface area contributed by atoms with Crippen LogP contribution in [0.2, 0.25) is 0 Å². The molecule has 134 valence electrons. The Balaban J connectivity index is 1.48. The van der Waals surface area contributed by atoms with Crippen molar-refractivity contribution in [3.05, 3.63) is 96.6 Å². The van der Waals surface area contributed by atoms with E-state index in [-0.39, 0.29) is 0 Å². The smallest absolute Gasteiger partial charge is 0.0894 e. The first kappa shape index (κ1) is 17.4. The van der Waals surface area contributed by atoms with E-state index in [1.54, 1.807) is 24.8 Å². The third-order valence-electron chi connectivity index (χ3n) is 3.84. The standard InChI is InChI=1S/C22H16N6/c1-3-13-23-19(9-1)21-11-5-7-17(27-21)15-25-26-16-18-8-6-12-22(28-18)20-10-2-4-14-24-20/h1-16H/b25-15+,26-16+. The van der Waals surface area contributed by atoms with Crippen LogP contribution in [0.3, 0.4) is 0 Å². The molecule has 4 rings (SSSR count). The average Bonchev–Trinajstić information content (AvgIpc) is 2.78. The Morgan fingerprint density at radius 1 is 0.500 bits per heavy atom. The number of nitrogens with zero attached hydrogens (tertiary/aromatic N) is 6. The fourth-order valence-electron chi connectivity index (χ4n) is 2.55. The van der Waals surface area contributed by atoms with Crippen LogP contribution < -0.4 is 0 Å². The van der Waals surface area contributed by atoms with Gasteiger partial charge >= 0.3 is 0 Å². The van der Waals surface area contributed by atoms with Crippen molar-refractivity contribution < 1.29 is 0 Å². The Hall–Kier alpha value is -4.06. The van der Waals surface area contributed by atoms with Crippen LogP contribution in [0.15, 0.2) is 95.4 Å². The largest absolute Gasteiger partial charge is 0.255 e. The lowest BCUT2D eigenvalue weighted by molar-refractivity contribution is 1.20. The summed E-state index contributed by atoms with van der Waals surface area (Å²) >= 11 is 0. The molecule has 0 unspecified atom stereocenters. The van der Waals surface area contributed by atoms with Gasteiger partial charge in [-0.2, -0.15) is 10.2 Å². The van der Waals surface area contributed by atoms with Crippen LogP contribution in [0.5, 0.6) is 0 Å². The van der Waals surface area contributed by atoms with Crippen LogP contribution in [0.25, 0.3) is 22.8 Å². The lowest BCUT2D eigenvalue weighted by Gasteiger charge is -2.00. The van der Waals surface area contributed by atoms with Crippen molar-refractivity contribution in [1.29, 1.82) is 0 Å². The van der Waals surface area contributed by atoms with E-state index in [9.17, 15) is 0 Å². The van der Waals surface area contributed by atoms with E-state index in [0.717, 1.165) is 22.8 Å². The predicted molar refractivity (Wildman–Crippen MR) is 110 cm³/mol. The highest BCUT2D eigenvalue weighted by Crippen LogP contribution is 2.14. The van der Waals surface area contributed by atoms with Crippen LogP contribution in [-0.4, -0.2) is 32.4 Å².